The average molecular weight is 616 g/mol. The van der Waals surface area contributed by atoms with Gasteiger partial charge in [0.1, 0.15) is 13.1 Å². The molecule has 0 N–H and O–H groups in total. The lowest BCUT2D eigenvalue weighted by molar-refractivity contribution is -0.146. The minimum atomic E-state index is -2.33. The average Bonchev–Trinajstić information content (AvgIpc) is 2.72. The van der Waals surface area contributed by atoms with Crippen LogP contribution < -0.4 is 4.90 Å². The molecule has 0 radical (unpaired) electrons. The lowest BCUT2D eigenvalue weighted by Gasteiger charge is -2.46. The lowest BCUT2D eigenvalue weighted by Crippen LogP contribution is -2.61. The first-order chi connectivity index (χ1) is 15.7. The third-order valence-corrected chi connectivity index (χ3v) is 6.25. The smallest absolute Gasteiger partial charge is 0.325 e. The van der Waals surface area contributed by atoms with Crippen LogP contribution in [-0.4, -0.2) is 67.6 Å². The predicted molar refractivity (Wildman–Crippen MR) is 138 cm³/mol. The van der Waals surface area contributed by atoms with Gasteiger partial charge in [0.25, 0.3) is 5.12 Å². The summed E-state index contributed by atoms with van der Waals surface area (Å²) in [6.07, 6.45) is 0. The Labute approximate surface area is 231 Å². The Balaban J connectivity index is 2.72. The van der Waals surface area contributed by atoms with E-state index in [4.69, 9.17) is 90.7 Å². The van der Waals surface area contributed by atoms with E-state index in [1.807, 2.05) is 0 Å². The summed E-state index contributed by atoms with van der Waals surface area (Å²) in [4.78, 5) is 35.3. The van der Waals surface area contributed by atoms with E-state index in [-0.39, 0.29) is 25.0 Å². The van der Waals surface area contributed by atoms with Crippen molar-refractivity contribution in [3.05, 3.63) is 30.3 Å². The van der Waals surface area contributed by atoms with Gasteiger partial charge in [-0.05, 0) is 26.0 Å². The van der Waals surface area contributed by atoms with Gasteiger partial charge in [0, 0.05) is 5.69 Å². The molecule has 15 heteroatoms. The third-order valence-electron chi connectivity index (χ3n) is 4.12. The van der Waals surface area contributed by atoms with Gasteiger partial charge in [-0.2, -0.15) is 4.99 Å². The normalized spacial score (nSPS) is 18.7. The first-order valence-electron chi connectivity index (χ1n) is 9.67. The van der Waals surface area contributed by atoms with Gasteiger partial charge in [-0.15, -0.1) is 0 Å². The molecular weight excluding hydrogens is 596 g/mol. The molecule has 1 aliphatic rings. The molecule has 0 aromatic heterocycles. The molecule has 2 rings (SSSR count). The van der Waals surface area contributed by atoms with Crippen LogP contribution in [0.2, 0.25) is 0 Å². The number of benzene rings is 1. The number of ether oxygens (including phenoxy) is 2. The maximum Gasteiger partial charge on any atom is 0.325 e. The molecule has 1 aliphatic heterocycles. The standard InChI is InChI=1S/C19H19Cl7N4O4/c1-3-33-13(31)10-29(11-14(32)34-4-2)16-27-15(17(20,21)22)30(12-8-6-5-7-9-12)19(26,28-16)18(23,24)25/h5-9H,3-4,10-11H2,1-2H3. The highest BCUT2D eigenvalue weighted by atomic mass is 35.6. The van der Waals surface area contributed by atoms with Gasteiger partial charge in [-0.3, -0.25) is 14.5 Å². The SMILES string of the molecule is CCOC(=O)CN(CC(=O)OCC)C1=NC(Cl)(C(Cl)(Cl)Cl)N(c2ccccc2)C(C(Cl)(Cl)Cl)=N1. The summed E-state index contributed by atoms with van der Waals surface area (Å²) < 4.78 is 5.42. The monoisotopic (exact) mass is 612 g/mol. The second-order valence-electron chi connectivity index (χ2n) is 6.57. The van der Waals surface area contributed by atoms with Crippen molar-refractivity contribution in [2.24, 2.45) is 9.98 Å². The molecule has 34 heavy (non-hydrogen) atoms. The fraction of sp³-hybridized carbons (Fsp3) is 0.474. The molecule has 0 amide bonds. The van der Waals surface area contributed by atoms with Crippen molar-refractivity contribution in [1.29, 1.82) is 0 Å². The van der Waals surface area contributed by atoms with E-state index < -0.39 is 37.7 Å². The molecule has 1 unspecified atom stereocenters. The minimum Gasteiger partial charge on any atom is -0.465 e. The summed E-state index contributed by atoms with van der Waals surface area (Å²) in [6, 6.07) is 8.30. The number of hydrogen-bond donors (Lipinski definition) is 0. The zero-order valence-corrected chi connectivity index (χ0v) is 23.1. The van der Waals surface area contributed by atoms with E-state index in [0.29, 0.717) is 5.69 Å². The maximum absolute atomic E-state index is 12.2. The molecular formula is C19H19Cl7N4O4. The molecule has 8 nitrogen and oxygen atoms in total. The van der Waals surface area contributed by atoms with Crippen LogP contribution in [0.3, 0.4) is 0 Å². The number of amidine groups is 1. The number of aliphatic imine (C=N–C) groups is 2. The van der Waals surface area contributed by atoms with E-state index in [0.717, 1.165) is 9.80 Å². The van der Waals surface area contributed by atoms with Crippen LogP contribution in [0, 0.1) is 0 Å². The maximum atomic E-state index is 12.2. The summed E-state index contributed by atoms with van der Waals surface area (Å²) in [5.41, 5.74) is 0.332. The highest BCUT2D eigenvalue weighted by molar-refractivity contribution is 6.78. The number of hydrogen-bond acceptors (Lipinski definition) is 8. The number of carbonyl (C=O) groups is 2. The lowest BCUT2D eigenvalue weighted by atomic mass is 10.2. The van der Waals surface area contributed by atoms with Crippen LogP contribution in [0.1, 0.15) is 13.8 Å². The summed E-state index contributed by atoms with van der Waals surface area (Å²) in [5, 5.41) is -2.25. The summed E-state index contributed by atoms with van der Waals surface area (Å²) in [6.45, 7) is 2.48. The predicted octanol–water partition coefficient (Wildman–Crippen LogP) is 5.32. The largest absolute Gasteiger partial charge is 0.465 e. The molecule has 0 bridgehead atoms. The van der Waals surface area contributed by atoms with Crippen molar-refractivity contribution >= 4 is 111 Å². The Morgan fingerprint density at radius 2 is 1.47 bits per heavy atom. The van der Waals surface area contributed by atoms with Crippen molar-refractivity contribution < 1.29 is 19.1 Å². The Hall–Kier alpha value is -0.870. The highest BCUT2D eigenvalue weighted by Gasteiger charge is 2.59. The number of carbonyl (C=O) groups excluding carboxylic acids is 2. The van der Waals surface area contributed by atoms with E-state index in [9.17, 15) is 9.59 Å². The highest BCUT2D eigenvalue weighted by Crippen LogP contribution is 2.51. The van der Waals surface area contributed by atoms with Gasteiger partial charge in [0.15, 0.2) is 5.84 Å². The Kier molecular flexibility index (Phi) is 10.3. The number of esters is 2. The van der Waals surface area contributed by atoms with Crippen molar-refractivity contribution in [3.63, 3.8) is 0 Å². The van der Waals surface area contributed by atoms with Crippen molar-refractivity contribution in [2.45, 2.75) is 26.6 Å². The van der Waals surface area contributed by atoms with E-state index >= 15 is 0 Å². The number of alkyl halides is 7. The first-order valence-corrected chi connectivity index (χ1v) is 12.3. The van der Waals surface area contributed by atoms with Crippen LogP contribution in [-0.2, 0) is 19.1 Å². The topological polar surface area (TPSA) is 83.8 Å². The van der Waals surface area contributed by atoms with Crippen LogP contribution in [0.5, 0.6) is 0 Å². The fourth-order valence-electron chi connectivity index (χ4n) is 2.81. The van der Waals surface area contributed by atoms with Crippen molar-refractivity contribution in [1.82, 2.24) is 4.90 Å². The molecule has 1 heterocycles. The Morgan fingerprint density at radius 1 is 0.971 bits per heavy atom. The summed E-state index contributed by atoms with van der Waals surface area (Å²) in [7, 11) is 0. The molecule has 0 aliphatic carbocycles. The molecule has 1 aromatic carbocycles. The second-order valence-corrected chi connectivity index (χ2v) is 11.7. The van der Waals surface area contributed by atoms with Crippen LogP contribution in [0.25, 0.3) is 0 Å². The van der Waals surface area contributed by atoms with Crippen LogP contribution >= 0.6 is 81.2 Å². The van der Waals surface area contributed by atoms with E-state index in [1.54, 1.807) is 44.2 Å². The van der Waals surface area contributed by atoms with Gasteiger partial charge in [-0.25, -0.2) is 4.99 Å². The fourth-order valence-corrected chi connectivity index (χ4v) is 3.82. The van der Waals surface area contributed by atoms with Crippen LogP contribution in [0.15, 0.2) is 40.3 Å². The number of nitrogens with zero attached hydrogens (tertiary/aromatic N) is 4. The summed E-state index contributed by atoms with van der Waals surface area (Å²) in [5.74, 6) is -2.01. The van der Waals surface area contributed by atoms with Crippen molar-refractivity contribution in [3.8, 4) is 0 Å². The zero-order chi connectivity index (χ0) is 25.7. The van der Waals surface area contributed by atoms with Gasteiger partial charge >= 0.3 is 11.9 Å². The number of guanidine groups is 1. The molecule has 1 aromatic rings. The molecule has 0 saturated heterocycles. The molecule has 188 valence electrons. The first kappa shape index (κ1) is 29.4. The molecule has 0 spiro atoms. The van der Waals surface area contributed by atoms with E-state index in [1.165, 1.54) is 0 Å². The Bertz CT molecular complexity index is 930. The minimum absolute atomic E-state index is 0.0939. The summed E-state index contributed by atoms with van der Waals surface area (Å²) >= 11 is 44.3. The zero-order valence-electron chi connectivity index (χ0n) is 17.8. The van der Waals surface area contributed by atoms with Gasteiger partial charge in [0.05, 0.1) is 13.2 Å². The quantitative estimate of drug-likeness (QED) is 0.235. The number of rotatable bonds is 7. The van der Waals surface area contributed by atoms with E-state index in [2.05, 4.69) is 9.98 Å². The molecule has 1 atom stereocenters. The molecule has 0 saturated carbocycles. The van der Waals surface area contributed by atoms with Crippen molar-refractivity contribution in [2.75, 3.05) is 31.2 Å². The number of halogens is 7. The third kappa shape index (κ3) is 7.09. The number of para-hydroxylation sites is 1. The van der Waals surface area contributed by atoms with Crippen LogP contribution in [0.4, 0.5) is 5.69 Å². The Morgan fingerprint density at radius 3 is 1.88 bits per heavy atom. The van der Waals surface area contributed by atoms with Gasteiger partial charge < -0.3 is 14.4 Å². The van der Waals surface area contributed by atoms with Gasteiger partial charge in [0.2, 0.25) is 13.5 Å². The molecule has 0 fully saturated rings. The second kappa shape index (κ2) is 11.9. The number of anilines is 1. The van der Waals surface area contributed by atoms with Gasteiger partial charge in [-0.1, -0.05) is 99.4 Å².